The Labute approximate surface area is 105 Å². The van der Waals surface area contributed by atoms with Crippen LogP contribution in [0.1, 0.15) is 13.3 Å². The SMILES string of the molecule is CCC(C(N)=O)N(c1ccc(F)cc1)S(C)(=O)=O. The molecule has 0 spiro atoms. The summed E-state index contributed by atoms with van der Waals surface area (Å²) in [6, 6.07) is 3.86. The van der Waals surface area contributed by atoms with Gasteiger partial charge in [0.25, 0.3) is 0 Å². The molecule has 100 valence electrons. The third-order valence-corrected chi connectivity index (χ3v) is 3.62. The van der Waals surface area contributed by atoms with Gasteiger partial charge in [0.05, 0.1) is 11.9 Å². The highest BCUT2D eigenvalue weighted by atomic mass is 32.2. The van der Waals surface area contributed by atoms with Crippen LogP contribution < -0.4 is 10.0 Å². The van der Waals surface area contributed by atoms with E-state index < -0.39 is 27.8 Å². The third kappa shape index (κ3) is 3.19. The van der Waals surface area contributed by atoms with Gasteiger partial charge >= 0.3 is 0 Å². The zero-order valence-electron chi connectivity index (χ0n) is 10.1. The molecule has 5 nitrogen and oxygen atoms in total. The van der Waals surface area contributed by atoms with Crippen molar-refractivity contribution in [1.82, 2.24) is 0 Å². The minimum absolute atomic E-state index is 0.213. The molecule has 0 aromatic heterocycles. The molecule has 18 heavy (non-hydrogen) atoms. The van der Waals surface area contributed by atoms with Gasteiger partial charge in [0.2, 0.25) is 15.9 Å². The van der Waals surface area contributed by atoms with Crippen LogP contribution in [0.5, 0.6) is 0 Å². The lowest BCUT2D eigenvalue weighted by Crippen LogP contribution is -2.47. The van der Waals surface area contributed by atoms with Gasteiger partial charge < -0.3 is 5.73 Å². The van der Waals surface area contributed by atoms with Gasteiger partial charge in [-0.2, -0.15) is 0 Å². The Bertz CT molecular complexity index is 528. The average Bonchev–Trinajstić information content (AvgIpc) is 2.25. The molecule has 0 aliphatic rings. The highest BCUT2D eigenvalue weighted by molar-refractivity contribution is 7.92. The number of carbonyl (C=O) groups is 1. The summed E-state index contributed by atoms with van der Waals surface area (Å²) in [5.74, 6) is -1.23. The molecule has 0 saturated carbocycles. The minimum Gasteiger partial charge on any atom is -0.368 e. The van der Waals surface area contributed by atoms with Crippen molar-refractivity contribution >= 4 is 21.6 Å². The lowest BCUT2D eigenvalue weighted by Gasteiger charge is -2.28. The fourth-order valence-corrected chi connectivity index (χ4v) is 2.89. The van der Waals surface area contributed by atoms with Gasteiger partial charge in [-0.05, 0) is 30.7 Å². The molecule has 1 aromatic carbocycles. The van der Waals surface area contributed by atoms with Crippen molar-refractivity contribution < 1.29 is 17.6 Å². The van der Waals surface area contributed by atoms with Gasteiger partial charge in [0, 0.05) is 0 Å². The molecule has 0 aliphatic heterocycles. The number of hydrogen-bond acceptors (Lipinski definition) is 3. The summed E-state index contributed by atoms with van der Waals surface area (Å²) in [5.41, 5.74) is 5.41. The number of amides is 1. The Kier molecular flexibility index (Phi) is 4.28. The quantitative estimate of drug-likeness (QED) is 0.864. The number of rotatable bonds is 5. The Balaban J connectivity index is 3.30. The van der Waals surface area contributed by atoms with Crippen LogP contribution in [-0.4, -0.2) is 26.6 Å². The van der Waals surface area contributed by atoms with Gasteiger partial charge in [-0.15, -0.1) is 0 Å². The second-order valence-corrected chi connectivity index (χ2v) is 5.72. The molecular weight excluding hydrogens is 259 g/mol. The van der Waals surface area contributed by atoms with E-state index in [0.29, 0.717) is 0 Å². The summed E-state index contributed by atoms with van der Waals surface area (Å²) >= 11 is 0. The van der Waals surface area contributed by atoms with Crippen LogP contribution in [0.4, 0.5) is 10.1 Å². The lowest BCUT2D eigenvalue weighted by molar-refractivity contribution is -0.119. The summed E-state index contributed by atoms with van der Waals surface area (Å²) in [6.45, 7) is 1.65. The molecule has 1 aromatic rings. The molecule has 7 heteroatoms. The number of hydrogen-bond donors (Lipinski definition) is 1. The Morgan fingerprint density at radius 1 is 1.39 bits per heavy atom. The number of carbonyl (C=O) groups excluding carboxylic acids is 1. The van der Waals surface area contributed by atoms with Gasteiger partial charge in [-0.1, -0.05) is 6.92 Å². The van der Waals surface area contributed by atoms with E-state index in [0.717, 1.165) is 22.7 Å². The molecular formula is C11H15FN2O3S. The van der Waals surface area contributed by atoms with Gasteiger partial charge in [0.1, 0.15) is 11.9 Å². The molecule has 1 rings (SSSR count). The van der Waals surface area contributed by atoms with Crippen molar-refractivity contribution in [2.45, 2.75) is 19.4 Å². The number of nitrogens with two attached hydrogens (primary N) is 1. The van der Waals surface area contributed by atoms with Crippen LogP contribution in [0, 0.1) is 5.82 Å². The van der Waals surface area contributed by atoms with Gasteiger partial charge in [-0.3, -0.25) is 9.10 Å². The molecule has 2 N–H and O–H groups in total. The summed E-state index contributed by atoms with van der Waals surface area (Å²) in [6.07, 6.45) is 1.21. The third-order valence-electron chi connectivity index (χ3n) is 2.44. The molecule has 0 bridgehead atoms. The maximum absolute atomic E-state index is 12.8. The molecule has 0 heterocycles. The number of sulfonamides is 1. The number of halogens is 1. The molecule has 1 atom stereocenters. The van der Waals surface area contributed by atoms with E-state index in [2.05, 4.69) is 0 Å². The fourth-order valence-electron chi connectivity index (χ4n) is 1.67. The second kappa shape index (κ2) is 5.34. The first-order valence-electron chi connectivity index (χ1n) is 5.31. The van der Waals surface area contributed by atoms with E-state index in [-0.39, 0.29) is 12.1 Å². The van der Waals surface area contributed by atoms with E-state index in [4.69, 9.17) is 5.73 Å². The summed E-state index contributed by atoms with van der Waals surface area (Å²) < 4.78 is 37.2. The van der Waals surface area contributed by atoms with E-state index in [9.17, 15) is 17.6 Å². The lowest BCUT2D eigenvalue weighted by atomic mass is 10.2. The Hall–Kier alpha value is -1.63. The fraction of sp³-hybridized carbons (Fsp3) is 0.364. The van der Waals surface area contributed by atoms with Crippen molar-refractivity contribution in [2.24, 2.45) is 5.73 Å². The topological polar surface area (TPSA) is 80.5 Å². The predicted molar refractivity (Wildman–Crippen MR) is 67.0 cm³/mol. The average molecular weight is 274 g/mol. The van der Waals surface area contributed by atoms with E-state index >= 15 is 0 Å². The zero-order valence-corrected chi connectivity index (χ0v) is 10.9. The zero-order chi connectivity index (χ0) is 13.9. The van der Waals surface area contributed by atoms with Crippen LogP contribution in [0.2, 0.25) is 0 Å². The highest BCUT2D eigenvalue weighted by Crippen LogP contribution is 2.22. The van der Waals surface area contributed by atoms with Gasteiger partial charge in [0.15, 0.2) is 0 Å². The van der Waals surface area contributed by atoms with E-state index in [1.165, 1.54) is 12.1 Å². The Morgan fingerprint density at radius 3 is 2.22 bits per heavy atom. The smallest absolute Gasteiger partial charge is 0.241 e. The first kappa shape index (κ1) is 14.4. The van der Waals surface area contributed by atoms with Crippen molar-refractivity contribution in [3.63, 3.8) is 0 Å². The van der Waals surface area contributed by atoms with Crippen LogP contribution >= 0.6 is 0 Å². The number of primary amides is 1. The molecule has 0 radical (unpaired) electrons. The Morgan fingerprint density at radius 2 is 1.89 bits per heavy atom. The van der Waals surface area contributed by atoms with Crippen molar-refractivity contribution in [3.05, 3.63) is 30.1 Å². The summed E-state index contributed by atoms with van der Waals surface area (Å²) in [5, 5.41) is 0. The monoisotopic (exact) mass is 274 g/mol. The maximum Gasteiger partial charge on any atom is 0.241 e. The number of benzene rings is 1. The second-order valence-electron chi connectivity index (χ2n) is 3.86. The molecule has 1 amide bonds. The normalized spacial score (nSPS) is 13.1. The summed E-state index contributed by atoms with van der Waals surface area (Å²) in [7, 11) is -3.68. The van der Waals surface area contributed by atoms with E-state index in [1.54, 1.807) is 6.92 Å². The number of nitrogens with zero attached hydrogens (tertiary/aromatic N) is 1. The van der Waals surface area contributed by atoms with Crippen LogP contribution in [0.25, 0.3) is 0 Å². The van der Waals surface area contributed by atoms with Gasteiger partial charge in [-0.25, -0.2) is 12.8 Å². The minimum atomic E-state index is -3.68. The molecule has 1 unspecified atom stereocenters. The summed E-state index contributed by atoms with van der Waals surface area (Å²) in [4.78, 5) is 11.3. The number of anilines is 1. The first-order valence-corrected chi connectivity index (χ1v) is 7.16. The maximum atomic E-state index is 12.8. The van der Waals surface area contributed by atoms with E-state index in [1.807, 2.05) is 0 Å². The molecule has 0 saturated heterocycles. The van der Waals surface area contributed by atoms with Crippen molar-refractivity contribution in [3.8, 4) is 0 Å². The molecule has 0 aliphatic carbocycles. The predicted octanol–water partition coefficient (Wildman–Crippen LogP) is 0.856. The first-order chi connectivity index (χ1) is 8.27. The largest absolute Gasteiger partial charge is 0.368 e. The molecule has 0 fully saturated rings. The van der Waals surface area contributed by atoms with Crippen molar-refractivity contribution in [2.75, 3.05) is 10.6 Å². The van der Waals surface area contributed by atoms with Crippen LogP contribution in [0.3, 0.4) is 0 Å². The van der Waals surface area contributed by atoms with Crippen LogP contribution in [-0.2, 0) is 14.8 Å². The van der Waals surface area contributed by atoms with Crippen molar-refractivity contribution in [1.29, 1.82) is 0 Å². The van der Waals surface area contributed by atoms with Crippen LogP contribution in [0.15, 0.2) is 24.3 Å². The standard InChI is InChI=1S/C11H15FN2O3S/c1-3-10(11(13)15)14(18(2,16)17)9-6-4-8(12)5-7-9/h4-7,10H,3H2,1-2H3,(H2,13,15). The highest BCUT2D eigenvalue weighted by Gasteiger charge is 2.29.